The van der Waals surface area contributed by atoms with Gasteiger partial charge < -0.3 is 5.11 Å². The lowest BCUT2D eigenvalue weighted by Gasteiger charge is -2.05. The molecule has 0 amide bonds. The summed E-state index contributed by atoms with van der Waals surface area (Å²) in [5.41, 5.74) is 1.00. The second-order valence-corrected chi connectivity index (χ2v) is 7.09. The van der Waals surface area contributed by atoms with Crippen molar-refractivity contribution in [2.75, 3.05) is 6.54 Å². The molecule has 5 nitrogen and oxygen atoms in total. The van der Waals surface area contributed by atoms with Crippen molar-refractivity contribution in [1.29, 1.82) is 0 Å². The van der Waals surface area contributed by atoms with Crippen molar-refractivity contribution < 1.29 is 18.3 Å². The molecule has 0 aliphatic carbocycles. The van der Waals surface area contributed by atoms with E-state index in [4.69, 9.17) is 5.11 Å². The number of benzene rings is 1. The third kappa shape index (κ3) is 2.63. The Bertz CT molecular complexity index is 746. The van der Waals surface area contributed by atoms with Gasteiger partial charge in [-0.1, -0.05) is 18.2 Å². The number of hydrogen-bond donors (Lipinski definition) is 2. The Kier molecular flexibility index (Phi) is 3.62. The molecule has 0 bridgehead atoms. The average molecular weight is 299 g/mol. The third-order valence-electron chi connectivity index (χ3n) is 2.71. The number of carbonyl (C=O) groups is 1. The molecular weight excluding hydrogens is 286 g/mol. The maximum atomic E-state index is 12.2. The monoisotopic (exact) mass is 299 g/mol. The smallest absolute Gasteiger partial charge is 0.318 e. The number of hydrogen-bond acceptors (Lipinski definition) is 4. The summed E-state index contributed by atoms with van der Waals surface area (Å²) in [6, 6.07) is 5.44. The van der Waals surface area contributed by atoms with Crippen molar-refractivity contribution in [1.82, 2.24) is 4.72 Å². The van der Waals surface area contributed by atoms with Crippen molar-refractivity contribution in [2.24, 2.45) is 0 Å². The van der Waals surface area contributed by atoms with Crippen LogP contribution in [-0.4, -0.2) is 26.0 Å². The van der Waals surface area contributed by atoms with Crippen LogP contribution in [0.15, 0.2) is 23.1 Å². The fourth-order valence-electron chi connectivity index (χ4n) is 1.92. The van der Waals surface area contributed by atoms with E-state index in [9.17, 15) is 13.2 Å². The number of aryl methyl sites for hydroxylation is 2. The van der Waals surface area contributed by atoms with E-state index < -0.39 is 22.5 Å². The van der Waals surface area contributed by atoms with Gasteiger partial charge in [0.25, 0.3) is 0 Å². The van der Waals surface area contributed by atoms with Gasteiger partial charge in [-0.25, -0.2) is 8.42 Å². The summed E-state index contributed by atoms with van der Waals surface area (Å²) in [5.74, 6) is -1.21. The van der Waals surface area contributed by atoms with Gasteiger partial charge in [0.1, 0.15) is 11.4 Å². The quantitative estimate of drug-likeness (QED) is 0.903. The van der Waals surface area contributed by atoms with Crippen LogP contribution in [-0.2, 0) is 14.8 Å². The van der Waals surface area contributed by atoms with Gasteiger partial charge >= 0.3 is 5.97 Å². The summed E-state index contributed by atoms with van der Waals surface area (Å²) in [6.07, 6.45) is 0. The van der Waals surface area contributed by atoms with Crippen LogP contribution in [0.25, 0.3) is 10.1 Å². The second-order valence-electron chi connectivity index (χ2n) is 4.16. The summed E-state index contributed by atoms with van der Waals surface area (Å²) in [5, 5.41) is 9.22. The topological polar surface area (TPSA) is 83.5 Å². The van der Waals surface area contributed by atoms with E-state index in [-0.39, 0.29) is 4.90 Å². The summed E-state index contributed by atoms with van der Waals surface area (Å²) in [4.78, 5) is 11.3. The maximum absolute atomic E-state index is 12.2. The Morgan fingerprint density at radius 1 is 1.37 bits per heavy atom. The Hall–Kier alpha value is -1.44. The number of thiophene rings is 1. The SMILES string of the molecule is Cc1sc2c(C)cccc2c1S(=O)(=O)NCC(=O)O. The summed E-state index contributed by atoms with van der Waals surface area (Å²) >= 11 is 1.40. The number of sulfonamides is 1. The van der Waals surface area contributed by atoms with Crippen LogP contribution in [0.3, 0.4) is 0 Å². The van der Waals surface area contributed by atoms with Gasteiger partial charge in [-0.2, -0.15) is 4.72 Å². The van der Waals surface area contributed by atoms with Crippen molar-refractivity contribution in [2.45, 2.75) is 18.7 Å². The molecule has 0 aliphatic rings. The van der Waals surface area contributed by atoms with Crippen LogP contribution in [0, 0.1) is 13.8 Å². The van der Waals surface area contributed by atoms with Gasteiger partial charge in [-0.05, 0) is 19.4 Å². The van der Waals surface area contributed by atoms with Gasteiger partial charge in [0.15, 0.2) is 0 Å². The van der Waals surface area contributed by atoms with E-state index >= 15 is 0 Å². The largest absolute Gasteiger partial charge is 0.480 e. The molecule has 2 N–H and O–H groups in total. The molecule has 1 heterocycles. The highest BCUT2D eigenvalue weighted by Gasteiger charge is 2.23. The first-order valence-corrected chi connectivity index (χ1v) is 7.83. The fourth-order valence-corrected chi connectivity index (χ4v) is 4.75. The van der Waals surface area contributed by atoms with Gasteiger partial charge in [-0.15, -0.1) is 11.3 Å². The molecule has 0 radical (unpaired) electrons. The van der Waals surface area contributed by atoms with Gasteiger partial charge in [-0.3, -0.25) is 4.79 Å². The van der Waals surface area contributed by atoms with Crippen molar-refractivity contribution in [3.05, 3.63) is 28.6 Å². The molecule has 0 unspecified atom stereocenters. The predicted octanol–water partition coefficient (Wildman–Crippen LogP) is 1.88. The molecule has 0 atom stereocenters. The molecule has 2 aromatic rings. The number of aliphatic carboxylic acids is 1. The van der Waals surface area contributed by atoms with E-state index in [0.29, 0.717) is 10.3 Å². The van der Waals surface area contributed by atoms with Crippen molar-refractivity contribution >= 4 is 37.4 Å². The van der Waals surface area contributed by atoms with Crippen LogP contribution < -0.4 is 4.72 Å². The van der Waals surface area contributed by atoms with E-state index in [1.807, 2.05) is 13.0 Å². The molecular formula is C12H13NO4S2. The summed E-state index contributed by atoms with van der Waals surface area (Å²) in [6.45, 7) is 3.02. The molecule has 1 aromatic heterocycles. The zero-order valence-electron chi connectivity index (χ0n) is 10.4. The van der Waals surface area contributed by atoms with Crippen LogP contribution in [0.1, 0.15) is 10.4 Å². The number of rotatable bonds is 4. The van der Waals surface area contributed by atoms with E-state index in [1.54, 1.807) is 19.1 Å². The summed E-state index contributed by atoms with van der Waals surface area (Å²) in [7, 11) is -3.81. The Morgan fingerprint density at radius 2 is 2.05 bits per heavy atom. The molecule has 0 saturated carbocycles. The lowest BCUT2D eigenvalue weighted by atomic mass is 10.2. The maximum Gasteiger partial charge on any atom is 0.318 e. The number of fused-ring (bicyclic) bond motifs is 1. The lowest BCUT2D eigenvalue weighted by molar-refractivity contribution is -0.135. The highest BCUT2D eigenvalue weighted by molar-refractivity contribution is 7.90. The van der Waals surface area contributed by atoms with Crippen LogP contribution in [0.2, 0.25) is 0 Å². The van der Waals surface area contributed by atoms with Crippen molar-refractivity contribution in [3.8, 4) is 0 Å². The highest BCUT2D eigenvalue weighted by Crippen LogP contribution is 2.35. The number of carboxylic acid groups (broad SMARTS) is 1. The standard InChI is InChI=1S/C12H13NO4S2/c1-7-4-3-5-9-11(7)18-8(2)12(9)19(16,17)13-6-10(14)15/h3-5,13H,6H2,1-2H3,(H,14,15). The molecule has 1 aromatic carbocycles. The molecule has 0 fully saturated rings. The molecule has 0 aliphatic heterocycles. The molecule has 0 saturated heterocycles. The number of nitrogens with one attached hydrogen (secondary N) is 1. The zero-order chi connectivity index (χ0) is 14.2. The van der Waals surface area contributed by atoms with E-state index in [0.717, 1.165) is 10.3 Å². The molecule has 19 heavy (non-hydrogen) atoms. The molecule has 2 rings (SSSR count). The van der Waals surface area contributed by atoms with Gasteiger partial charge in [0.05, 0.1) is 0 Å². The van der Waals surface area contributed by atoms with E-state index in [2.05, 4.69) is 4.72 Å². The highest BCUT2D eigenvalue weighted by atomic mass is 32.2. The fraction of sp³-hybridized carbons (Fsp3) is 0.250. The Morgan fingerprint density at radius 3 is 2.68 bits per heavy atom. The van der Waals surface area contributed by atoms with Crippen LogP contribution in [0.5, 0.6) is 0 Å². The van der Waals surface area contributed by atoms with Gasteiger partial charge in [0, 0.05) is 15.0 Å². The second kappa shape index (κ2) is 4.92. The lowest BCUT2D eigenvalue weighted by Crippen LogP contribution is -2.29. The predicted molar refractivity (Wildman–Crippen MR) is 74.1 cm³/mol. The first kappa shape index (κ1) is 14.0. The van der Waals surface area contributed by atoms with Crippen molar-refractivity contribution in [3.63, 3.8) is 0 Å². The normalized spacial score (nSPS) is 11.9. The first-order valence-electron chi connectivity index (χ1n) is 5.53. The molecule has 102 valence electrons. The average Bonchev–Trinajstić information content (AvgIpc) is 2.65. The minimum Gasteiger partial charge on any atom is -0.480 e. The Balaban J connectivity index is 2.59. The van der Waals surface area contributed by atoms with Crippen LogP contribution in [0.4, 0.5) is 0 Å². The minimum absolute atomic E-state index is 0.178. The number of carboxylic acids is 1. The van der Waals surface area contributed by atoms with Gasteiger partial charge in [0.2, 0.25) is 10.0 Å². The third-order valence-corrected chi connectivity index (χ3v) is 5.69. The summed E-state index contributed by atoms with van der Waals surface area (Å²) < 4.78 is 27.4. The van der Waals surface area contributed by atoms with Crippen LogP contribution >= 0.6 is 11.3 Å². The first-order chi connectivity index (χ1) is 8.83. The molecule has 7 heteroatoms. The van der Waals surface area contributed by atoms with E-state index in [1.165, 1.54) is 11.3 Å². The Labute approximate surface area is 114 Å². The zero-order valence-corrected chi connectivity index (χ0v) is 12.1. The minimum atomic E-state index is -3.81. The molecule has 0 spiro atoms.